The summed E-state index contributed by atoms with van der Waals surface area (Å²) in [7, 11) is 0. The Kier molecular flexibility index (Phi) is 6.54. The van der Waals surface area contributed by atoms with E-state index in [2.05, 4.69) is 0 Å². The molecule has 0 rings (SSSR count). The summed E-state index contributed by atoms with van der Waals surface area (Å²) < 4.78 is 4.90. The first-order valence-corrected chi connectivity index (χ1v) is 5.94. The summed E-state index contributed by atoms with van der Waals surface area (Å²) >= 11 is 0. The van der Waals surface area contributed by atoms with Crippen molar-refractivity contribution >= 4 is 11.9 Å². The van der Waals surface area contributed by atoms with Crippen LogP contribution in [0, 0.1) is 5.41 Å². The molecule has 0 spiro atoms. The summed E-state index contributed by atoms with van der Waals surface area (Å²) in [5.41, 5.74) is -0.432. The second-order valence-corrected chi connectivity index (χ2v) is 4.34. The van der Waals surface area contributed by atoms with Crippen LogP contribution in [0.4, 0.5) is 0 Å². The van der Waals surface area contributed by atoms with E-state index in [4.69, 9.17) is 4.74 Å². The summed E-state index contributed by atoms with van der Waals surface area (Å²) in [6, 6.07) is 0. The van der Waals surface area contributed by atoms with Crippen molar-refractivity contribution in [3.63, 3.8) is 0 Å². The lowest BCUT2D eigenvalue weighted by Gasteiger charge is -2.25. The number of carbonyl (C=O) groups excluding carboxylic acids is 1. The maximum atomic E-state index is 11.9. The van der Waals surface area contributed by atoms with Crippen LogP contribution in [0.15, 0.2) is 11.6 Å². The maximum Gasteiger partial charge on any atom is 0.323 e. The molecule has 0 aliphatic rings. The van der Waals surface area contributed by atoms with Gasteiger partial charge in [-0.1, -0.05) is 25.0 Å². The molecule has 0 fully saturated rings. The number of rotatable bonds is 7. The molecule has 0 aromatic carbocycles. The van der Waals surface area contributed by atoms with E-state index in [9.17, 15) is 14.7 Å². The Labute approximate surface area is 103 Å². The zero-order valence-corrected chi connectivity index (χ0v) is 11.1. The van der Waals surface area contributed by atoms with Gasteiger partial charge in [-0.25, -0.2) is 0 Å². The van der Waals surface area contributed by atoms with E-state index >= 15 is 0 Å². The van der Waals surface area contributed by atoms with E-state index in [1.54, 1.807) is 13.0 Å². The Morgan fingerprint density at radius 1 is 1.29 bits per heavy atom. The van der Waals surface area contributed by atoms with Gasteiger partial charge >= 0.3 is 11.9 Å². The summed E-state index contributed by atoms with van der Waals surface area (Å²) in [6.07, 6.45) is 2.89. The van der Waals surface area contributed by atoms with E-state index in [0.29, 0.717) is 12.8 Å². The smallest absolute Gasteiger partial charge is 0.323 e. The minimum Gasteiger partial charge on any atom is -0.480 e. The van der Waals surface area contributed by atoms with Crippen molar-refractivity contribution in [2.75, 3.05) is 6.61 Å². The van der Waals surface area contributed by atoms with Gasteiger partial charge in [0.15, 0.2) is 5.41 Å². The van der Waals surface area contributed by atoms with Crippen LogP contribution in [0.1, 0.15) is 47.0 Å². The van der Waals surface area contributed by atoms with Crippen molar-refractivity contribution in [1.82, 2.24) is 0 Å². The van der Waals surface area contributed by atoms with Crippen LogP contribution in [-0.2, 0) is 14.3 Å². The molecule has 0 aliphatic heterocycles. The second kappa shape index (κ2) is 7.09. The van der Waals surface area contributed by atoms with Gasteiger partial charge in [0.25, 0.3) is 0 Å². The van der Waals surface area contributed by atoms with Crippen LogP contribution in [-0.4, -0.2) is 23.7 Å². The lowest BCUT2D eigenvalue weighted by atomic mass is 9.79. The van der Waals surface area contributed by atoms with Gasteiger partial charge in [0.1, 0.15) is 0 Å². The molecule has 0 heterocycles. The molecular weight excluding hydrogens is 220 g/mol. The molecule has 4 heteroatoms. The van der Waals surface area contributed by atoms with Crippen molar-refractivity contribution in [2.45, 2.75) is 47.0 Å². The predicted octanol–water partition coefficient (Wildman–Crippen LogP) is 2.78. The van der Waals surface area contributed by atoms with E-state index in [-0.39, 0.29) is 13.0 Å². The fourth-order valence-corrected chi connectivity index (χ4v) is 1.64. The molecule has 0 radical (unpaired) electrons. The van der Waals surface area contributed by atoms with Gasteiger partial charge in [-0.3, -0.25) is 9.59 Å². The van der Waals surface area contributed by atoms with Crippen LogP contribution < -0.4 is 0 Å². The summed E-state index contributed by atoms with van der Waals surface area (Å²) in [5, 5.41) is 9.33. The highest BCUT2D eigenvalue weighted by Gasteiger charge is 2.45. The number of carbonyl (C=O) groups is 2. The molecule has 1 atom stereocenters. The van der Waals surface area contributed by atoms with E-state index in [0.717, 1.165) is 5.57 Å². The third kappa shape index (κ3) is 4.21. The van der Waals surface area contributed by atoms with Gasteiger partial charge in [0, 0.05) is 0 Å². The van der Waals surface area contributed by atoms with Gasteiger partial charge in [0.05, 0.1) is 6.61 Å². The highest BCUT2D eigenvalue weighted by Crippen LogP contribution is 2.31. The largest absolute Gasteiger partial charge is 0.480 e. The molecular formula is C13H22O4. The first-order chi connectivity index (χ1) is 7.90. The third-order valence-electron chi connectivity index (χ3n) is 2.61. The van der Waals surface area contributed by atoms with E-state index in [1.165, 1.54) is 0 Å². The van der Waals surface area contributed by atoms with Gasteiger partial charge in [-0.05, 0) is 33.6 Å². The number of carboxylic acid groups (broad SMARTS) is 1. The maximum absolute atomic E-state index is 11.9. The Morgan fingerprint density at radius 2 is 1.88 bits per heavy atom. The lowest BCUT2D eigenvalue weighted by molar-refractivity contribution is -0.169. The molecule has 4 nitrogen and oxygen atoms in total. The van der Waals surface area contributed by atoms with Crippen LogP contribution in [0.25, 0.3) is 0 Å². The zero-order valence-electron chi connectivity index (χ0n) is 11.1. The lowest BCUT2D eigenvalue weighted by Crippen LogP contribution is -2.40. The van der Waals surface area contributed by atoms with Crippen molar-refractivity contribution in [1.29, 1.82) is 0 Å². The third-order valence-corrected chi connectivity index (χ3v) is 2.61. The monoisotopic (exact) mass is 242 g/mol. The standard InChI is InChI=1S/C13H22O4/c1-5-8-13(11(14)15,9-7-10(3)4)12(16)17-6-2/h7H,5-6,8-9H2,1-4H3,(H,14,15). The molecule has 17 heavy (non-hydrogen) atoms. The molecule has 0 aromatic heterocycles. The van der Waals surface area contributed by atoms with Crippen LogP contribution in [0.5, 0.6) is 0 Å². The van der Waals surface area contributed by atoms with Crippen LogP contribution in [0.3, 0.4) is 0 Å². The Bertz CT molecular complexity index is 303. The predicted molar refractivity (Wildman–Crippen MR) is 65.7 cm³/mol. The Balaban J connectivity index is 5.19. The van der Waals surface area contributed by atoms with Crippen molar-refractivity contribution in [3.8, 4) is 0 Å². The molecule has 0 aromatic rings. The average Bonchev–Trinajstić information content (AvgIpc) is 2.23. The summed E-state index contributed by atoms with van der Waals surface area (Å²) in [5.74, 6) is -1.73. The van der Waals surface area contributed by atoms with Gasteiger partial charge in [0.2, 0.25) is 0 Å². The number of hydrogen-bond donors (Lipinski definition) is 1. The quantitative estimate of drug-likeness (QED) is 0.423. The fourth-order valence-electron chi connectivity index (χ4n) is 1.64. The number of esters is 1. The van der Waals surface area contributed by atoms with Crippen molar-refractivity contribution in [2.24, 2.45) is 5.41 Å². The molecule has 0 aliphatic carbocycles. The molecule has 0 bridgehead atoms. The minimum absolute atomic E-state index is 0.192. The van der Waals surface area contributed by atoms with Crippen LogP contribution >= 0.6 is 0 Å². The van der Waals surface area contributed by atoms with E-state index < -0.39 is 17.4 Å². The summed E-state index contributed by atoms with van der Waals surface area (Å²) in [6.45, 7) is 7.50. The number of allylic oxidation sites excluding steroid dienone is 2. The van der Waals surface area contributed by atoms with E-state index in [1.807, 2.05) is 20.8 Å². The number of carboxylic acids is 1. The zero-order chi connectivity index (χ0) is 13.5. The average molecular weight is 242 g/mol. The number of ether oxygens (including phenoxy) is 1. The normalized spacial score (nSPS) is 13.6. The molecule has 0 saturated carbocycles. The first kappa shape index (κ1) is 15.7. The van der Waals surface area contributed by atoms with Gasteiger partial charge in [-0.2, -0.15) is 0 Å². The second-order valence-electron chi connectivity index (χ2n) is 4.34. The Morgan fingerprint density at radius 3 is 2.24 bits per heavy atom. The summed E-state index contributed by atoms with van der Waals surface area (Å²) in [4.78, 5) is 23.3. The Hall–Kier alpha value is -1.32. The van der Waals surface area contributed by atoms with Crippen molar-refractivity contribution < 1.29 is 19.4 Å². The fraction of sp³-hybridized carbons (Fsp3) is 0.692. The number of hydrogen-bond acceptors (Lipinski definition) is 3. The molecule has 0 saturated heterocycles. The minimum atomic E-state index is -1.43. The number of aliphatic carboxylic acids is 1. The topological polar surface area (TPSA) is 63.6 Å². The van der Waals surface area contributed by atoms with Crippen molar-refractivity contribution in [3.05, 3.63) is 11.6 Å². The van der Waals surface area contributed by atoms with Crippen LogP contribution in [0.2, 0.25) is 0 Å². The SMILES string of the molecule is CCCC(CC=C(C)C)(C(=O)O)C(=O)OCC. The molecule has 98 valence electrons. The highest BCUT2D eigenvalue weighted by molar-refractivity contribution is 5.99. The van der Waals surface area contributed by atoms with Gasteiger partial charge < -0.3 is 9.84 Å². The molecule has 1 unspecified atom stereocenters. The molecule has 0 amide bonds. The van der Waals surface area contributed by atoms with Gasteiger partial charge in [-0.15, -0.1) is 0 Å². The molecule has 1 N–H and O–H groups in total. The first-order valence-electron chi connectivity index (χ1n) is 5.94. The highest BCUT2D eigenvalue weighted by atomic mass is 16.5.